The van der Waals surface area contributed by atoms with Crippen LogP contribution in [0.2, 0.25) is 0 Å². The van der Waals surface area contributed by atoms with E-state index in [4.69, 9.17) is 0 Å². The van der Waals surface area contributed by atoms with Crippen LogP contribution in [0.25, 0.3) is 0 Å². The van der Waals surface area contributed by atoms with Gasteiger partial charge in [0.2, 0.25) is 0 Å². The maximum atomic E-state index is 3.79. The van der Waals surface area contributed by atoms with E-state index >= 15 is 0 Å². The summed E-state index contributed by atoms with van der Waals surface area (Å²) in [5.74, 6) is 0. The molecule has 0 spiro atoms. The zero-order chi connectivity index (χ0) is 15.3. The van der Waals surface area contributed by atoms with Gasteiger partial charge in [-0.15, -0.1) is 0 Å². The molecule has 1 heterocycles. The van der Waals surface area contributed by atoms with E-state index in [9.17, 15) is 0 Å². The van der Waals surface area contributed by atoms with Gasteiger partial charge < -0.3 is 10.2 Å². The first kappa shape index (κ1) is 16.5. The number of rotatable bonds is 7. The van der Waals surface area contributed by atoms with Crippen molar-refractivity contribution in [2.45, 2.75) is 64.5 Å². The summed E-state index contributed by atoms with van der Waals surface area (Å²) in [5, 5.41) is 3.79. The summed E-state index contributed by atoms with van der Waals surface area (Å²) in [4.78, 5) is 2.59. The average Bonchev–Trinajstić information content (AvgIpc) is 2.91. The molecule has 1 N–H and O–H groups in total. The van der Waals surface area contributed by atoms with E-state index in [1.54, 1.807) is 0 Å². The van der Waals surface area contributed by atoms with Crippen molar-refractivity contribution in [2.75, 3.05) is 19.6 Å². The summed E-state index contributed by atoms with van der Waals surface area (Å²) in [6.07, 6.45) is 3.92. The molecule has 0 amide bonds. The van der Waals surface area contributed by atoms with Gasteiger partial charge in [-0.2, -0.15) is 0 Å². The van der Waals surface area contributed by atoms with Crippen molar-refractivity contribution in [3.8, 4) is 0 Å². The van der Waals surface area contributed by atoms with E-state index in [2.05, 4.69) is 68.2 Å². The third-order valence-corrected chi connectivity index (χ3v) is 4.67. The number of benzene rings is 1. The van der Waals surface area contributed by atoms with Crippen LogP contribution < -0.4 is 5.32 Å². The molecule has 1 aromatic carbocycles. The van der Waals surface area contributed by atoms with Gasteiger partial charge in [0, 0.05) is 18.6 Å². The van der Waals surface area contributed by atoms with Gasteiger partial charge in [0.05, 0.1) is 0 Å². The molecule has 0 radical (unpaired) electrons. The van der Waals surface area contributed by atoms with E-state index in [1.807, 2.05) is 0 Å². The smallest absolute Gasteiger partial charge is 0.0169 e. The van der Waals surface area contributed by atoms with Gasteiger partial charge in [-0.05, 0) is 57.2 Å². The van der Waals surface area contributed by atoms with Crippen molar-refractivity contribution in [2.24, 2.45) is 0 Å². The molecular weight excluding hydrogens is 256 g/mol. The first-order chi connectivity index (χ1) is 9.97. The Morgan fingerprint density at radius 1 is 1.05 bits per heavy atom. The minimum absolute atomic E-state index is 0.223. The fourth-order valence-electron chi connectivity index (χ4n) is 3.72. The number of hydrogen-bond acceptors (Lipinski definition) is 2. The zero-order valence-corrected chi connectivity index (χ0v) is 14.2. The summed E-state index contributed by atoms with van der Waals surface area (Å²) >= 11 is 0. The van der Waals surface area contributed by atoms with Gasteiger partial charge in [0.1, 0.15) is 0 Å². The summed E-state index contributed by atoms with van der Waals surface area (Å²) in [7, 11) is 0. The van der Waals surface area contributed by atoms with Crippen molar-refractivity contribution in [3.05, 3.63) is 35.9 Å². The second-order valence-corrected chi connectivity index (χ2v) is 7.43. The van der Waals surface area contributed by atoms with Gasteiger partial charge in [-0.25, -0.2) is 0 Å². The summed E-state index contributed by atoms with van der Waals surface area (Å²) in [6.45, 7) is 13.1. The van der Waals surface area contributed by atoms with Gasteiger partial charge in [0.15, 0.2) is 0 Å². The normalized spacial score (nSPS) is 19.6. The molecule has 1 aliphatic heterocycles. The van der Waals surface area contributed by atoms with Crippen molar-refractivity contribution in [1.29, 1.82) is 0 Å². The lowest BCUT2D eigenvalue weighted by Crippen LogP contribution is -2.44. The van der Waals surface area contributed by atoms with Crippen LogP contribution in [0.4, 0.5) is 0 Å². The van der Waals surface area contributed by atoms with Crippen LogP contribution in [0, 0.1) is 0 Å². The van der Waals surface area contributed by atoms with E-state index in [1.165, 1.54) is 44.5 Å². The Hall–Kier alpha value is -0.860. The van der Waals surface area contributed by atoms with E-state index in [0.717, 1.165) is 0 Å². The van der Waals surface area contributed by atoms with Crippen molar-refractivity contribution < 1.29 is 0 Å². The minimum atomic E-state index is 0.223. The molecule has 0 saturated carbocycles. The lowest BCUT2D eigenvalue weighted by atomic mass is 9.79. The number of hydrogen-bond donors (Lipinski definition) is 1. The van der Waals surface area contributed by atoms with Crippen LogP contribution in [0.1, 0.15) is 52.5 Å². The van der Waals surface area contributed by atoms with Crippen LogP contribution >= 0.6 is 0 Å². The number of nitrogens with zero attached hydrogens (tertiary/aromatic N) is 1. The number of likely N-dealkylation sites (tertiary alicyclic amines) is 1. The Bertz CT molecular complexity index is 407. The Morgan fingerprint density at radius 2 is 1.67 bits per heavy atom. The van der Waals surface area contributed by atoms with Gasteiger partial charge in [-0.1, -0.05) is 44.2 Å². The van der Waals surface area contributed by atoms with Crippen LogP contribution in [0.15, 0.2) is 30.3 Å². The van der Waals surface area contributed by atoms with Crippen molar-refractivity contribution >= 4 is 0 Å². The molecule has 2 unspecified atom stereocenters. The maximum Gasteiger partial charge on any atom is 0.0169 e. The van der Waals surface area contributed by atoms with Gasteiger partial charge in [0.25, 0.3) is 0 Å². The second kappa shape index (κ2) is 7.42. The van der Waals surface area contributed by atoms with Gasteiger partial charge in [-0.3, -0.25) is 0 Å². The molecular formula is C19H32N2. The van der Waals surface area contributed by atoms with Crippen LogP contribution in [-0.2, 0) is 5.41 Å². The molecule has 1 aromatic rings. The van der Waals surface area contributed by atoms with E-state index in [0.29, 0.717) is 12.1 Å². The lowest BCUT2D eigenvalue weighted by Gasteiger charge is -2.31. The fourth-order valence-corrected chi connectivity index (χ4v) is 3.72. The maximum absolute atomic E-state index is 3.79. The number of nitrogens with one attached hydrogen (secondary N) is 1. The molecule has 1 saturated heterocycles. The van der Waals surface area contributed by atoms with E-state index in [-0.39, 0.29) is 5.41 Å². The average molecular weight is 288 g/mol. The predicted octanol–water partition coefficient (Wildman–Crippen LogP) is 3.82. The highest BCUT2D eigenvalue weighted by molar-refractivity contribution is 5.23. The van der Waals surface area contributed by atoms with Crippen LogP contribution in [0.5, 0.6) is 0 Å². The monoisotopic (exact) mass is 288 g/mol. The Kier molecular flexibility index (Phi) is 5.83. The molecule has 2 heteroatoms. The Labute approximate surface area is 130 Å². The molecule has 1 fully saturated rings. The topological polar surface area (TPSA) is 15.3 Å². The molecule has 1 aliphatic rings. The summed E-state index contributed by atoms with van der Waals surface area (Å²) in [5.41, 5.74) is 1.66. The fraction of sp³-hybridized carbons (Fsp3) is 0.684. The third-order valence-electron chi connectivity index (χ3n) is 4.67. The largest absolute Gasteiger partial charge is 0.310 e. The molecule has 2 atom stereocenters. The third kappa shape index (κ3) is 5.12. The minimum Gasteiger partial charge on any atom is -0.310 e. The van der Waals surface area contributed by atoms with Crippen LogP contribution in [-0.4, -0.2) is 36.6 Å². The molecule has 118 valence electrons. The highest BCUT2D eigenvalue weighted by Gasteiger charge is 2.24. The van der Waals surface area contributed by atoms with Crippen LogP contribution in [0.3, 0.4) is 0 Å². The first-order valence-electron chi connectivity index (χ1n) is 8.51. The quantitative estimate of drug-likeness (QED) is 0.820. The molecule has 0 aliphatic carbocycles. The van der Waals surface area contributed by atoms with Crippen molar-refractivity contribution in [3.63, 3.8) is 0 Å². The van der Waals surface area contributed by atoms with E-state index < -0.39 is 0 Å². The second-order valence-electron chi connectivity index (χ2n) is 7.43. The highest BCUT2D eigenvalue weighted by Crippen LogP contribution is 2.28. The Morgan fingerprint density at radius 3 is 2.29 bits per heavy atom. The molecule has 0 aromatic heterocycles. The molecule has 2 rings (SSSR count). The lowest BCUT2D eigenvalue weighted by molar-refractivity contribution is 0.275. The molecule has 0 bridgehead atoms. The summed E-state index contributed by atoms with van der Waals surface area (Å²) < 4.78 is 0. The predicted molar refractivity (Wildman–Crippen MR) is 91.8 cm³/mol. The first-order valence-corrected chi connectivity index (χ1v) is 8.51. The molecule has 21 heavy (non-hydrogen) atoms. The standard InChI is InChI=1S/C19H32N2/c1-16(20-17(2)15-21-12-8-9-13-21)14-19(3,4)18-10-6-5-7-11-18/h5-7,10-11,16-17,20H,8-9,12-15H2,1-4H3. The van der Waals surface area contributed by atoms with Crippen molar-refractivity contribution in [1.82, 2.24) is 10.2 Å². The van der Waals surface area contributed by atoms with Gasteiger partial charge >= 0.3 is 0 Å². The molecule has 2 nitrogen and oxygen atoms in total. The Balaban J connectivity index is 1.81. The highest BCUT2D eigenvalue weighted by atomic mass is 15.2. The SMILES string of the molecule is CC(CN1CCCC1)NC(C)CC(C)(C)c1ccccc1. The summed E-state index contributed by atoms with van der Waals surface area (Å²) in [6, 6.07) is 12.0. The zero-order valence-electron chi connectivity index (χ0n) is 14.2.